The van der Waals surface area contributed by atoms with Crippen LogP contribution in [0.25, 0.3) is 0 Å². The molecule has 156 valence electrons. The Morgan fingerprint density at radius 1 is 0.700 bits per heavy atom. The van der Waals surface area contributed by atoms with Gasteiger partial charge in [0.1, 0.15) is 12.2 Å². The molecule has 0 aromatic heterocycles. The monoisotopic (exact) mass is 404 g/mol. The SMILES string of the molecule is CC1CC2C3CC(C(OC(=O)c4ccccc4)C3OC(=O)c3ccccc3)C2C1C. The number of esters is 2. The van der Waals surface area contributed by atoms with Crippen molar-refractivity contribution < 1.29 is 19.1 Å². The van der Waals surface area contributed by atoms with Gasteiger partial charge in [0.2, 0.25) is 0 Å². The van der Waals surface area contributed by atoms with Crippen molar-refractivity contribution in [3.8, 4) is 0 Å². The molecule has 2 bridgehead atoms. The molecule has 2 aromatic rings. The highest BCUT2D eigenvalue weighted by atomic mass is 16.6. The lowest BCUT2D eigenvalue weighted by molar-refractivity contribution is -0.0802. The van der Waals surface area contributed by atoms with Crippen LogP contribution in [0.4, 0.5) is 0 Å². The maximum Gasteiger partial charge on any atom is 0.338 e. The molecule has 0 N–H and O–H groups in total. The van der Waals surface area contributed by atoms with Gasteiger partial charge in [0.05, 0.1) is 11.1 Å². The zero-order chi connectivity index (χ0) is 20.8. The second-order valence-corrected chi connectivity index (χ2v) is 9.35. The highest BCUT2D eigenvalue weighted by Gasteiger charge is 2.64. The molecule has 0 heterocycles. The van der Waals surface area contributed by atoms with E-state index in [0.717, 1.165) is 6.42 Å². The van der Waals surface area contributed by atoms with E-state index in [1.165, 1.54) is 6.42 Å². The number of carbonyl (C=O) groups excluding carboxylic acids is 2. The first kappa shape index (κ1) is 19.3. The number of benzene rings is 2. The third-order valence-corrected chi connectivity index (χ3v) is 7.90. The van der Waals surface area contributed by atoms with Crippen LogP contribution in [0.5, 0.6) is 0 Å². The minimum Gasteiger partial charge on any atom is -0.455 e. The van der Waals surface area contributed by atoms with E-state index in [2.05, 4.69) is 13.8 Å². The van der Waals surface area contributed by atoms with E-state index in [4.69, 9.17) is 9.47 Å². The summed E-state index contributed by atoms with van der Waals surface area (Å²) in [6, 6.07) is 18.2. The summed E-state index contributed by atoms with van der Waals surface area (Å²) in [5.41, 5.74) is 1.08. The summed E-state index contributed by atoms with van der Waals surface area (Å²) in [7, 11) is 0. The Bertz CT molecular complexity index is 925. The van der Waals surface area contributed by atoms with Gasteiger partial charge in [-0.2, -0.15) is 0 Å². The summed E-state index contributed by atoms with van der Waals surface area (Å²) in [6.45, 7) is 4.65. The van der Waals surface area contributed by atoms with Gasteiger partial charge in [-0.15, -0.1) is 0 Å². The highest BCUT2D eigenvalue weighted by Crippen LogP contribution is 2.63. The maximum atomic E-state index is 12.9. The van der Waals surface area contributed by atoms with E-state index < -0.39 is 0 Å². The largest absolute Gasteiger partial charge is 0.455 e. The summed E-state index contributed by atoms with van der Waals surface area (Å²) in [5.74, 6) is 2.24. The summed E-state index contributed by atoms with van der Waals surface area (Å²) in [6.07, 6.45) is 1.41. The maximum absolute atomic E-state index is 12.9. The van der Waals surface area contributed by atoms with Gasteiger partial charge in [0, 0.05) is 11.8 Å². The lowest BCUT2D eigenvalue weighted by Crippen LogP contribution is -2.46. The molecule has 3 aliphatic rings. The summed E-state index contributed by atoms with van der Waals surface area (Å²) >= 11 is 0. The molecule has 0 spiro atoms. The van der Waals surface area contributed by atoms with Crippen LogP contribution < -0.4 is 0 Å². The van der Waals surface area contributed by atoms with Gasteiger partial charge in [-0.1, -0.05) is 50.2 Å². The first-order valence-electron chi connectivity index (χ1n) is 11.1. The van der Waals surface area contributed by atoms with Crippen LogP contribution in [-0.4, -0.2) is 24.1 Å². The quantitative estimate of drug-likeness (QED) is 0.673. The average molecular weight is 405 g/mol. The van der Waals surface area contributed by atoms with Gasteiger partial charge in [-0.05, 0) is 60.8 Å². The van der Waals surface area contributed by atoms with Crippen LogP contribution >= 0.6 is 0 Å². The third-order valence-electron chi connectivity index (χ3n) is 7.90. The minimum atomic E-state index is -0.371. The molecular formula is C26H28O4. The summed E-state index contributed by atoms with van der Waals surface area (Å²) in [5, 5.41) is 0. The molecule has 4 nitrogen and oxygen atoms in total. The number of hydrogen-bond acceptors (Lipinski definition) is 4. The van der Waals surface area contributed by atoms with Crippen molar-refractivity contribution in [2.45, 2.75) is 38.9 Å². The van der Waals surface area contributed by atoms with Crippen LogP contribution in [0.1, 0.15) is 47.4 Å². The molecule has 3 saturated carbocycles. The van der Waals surface area contributed by atoms with E-state index >= 15 is 0 Å². The average Bonchev–Trinajstić information content (AvgIpc) is 3.40. The van der Waals surface area contributed by atoms with Crippen LogP contribution in [0, 0.1) is 35.5 Å². The van der Waals surface area contributed by atoms with Crippen molar-refractivity contribution >= 4 is 11.9 Å². The van der Waals surface area contributed by atoms with Crippen LogP contribution in [0.2, 0.25) is 0 Å². The molecule has 0 radical (unpaired) electrons. The van der Waals surface area contributed by atoms with E-state index in [-0.39, 0.29) is 36.0 Å². The van der Waals surface area contributed by atoms with E-state index in [0.29, 0.717) is 34.8 Å². The van der Waals surface area contributed by atoms with Crippen molar-refractivity contribution in [3.05, 3.63) is 71.8 Å². The standard InChI is InChI=1S/C26H28O4/c1-15-13-19-20-14-21(22(19)16(15)2)24(30-26(28)18-11-7-4-8-12-18)23(20)29-25(27)17-9-5-3-6-10-17/h3-12,15-16,19-24H,13-14H2,1-2H3. The zero-order valence-corrected chi connectivity index (χ0v) is 17.4. The second-order valence-electron chi connectivity index (χ2n) is 9.35. The van der Waals surface area contributed by atoms with E-state index in [9.17, 15) is 9.59 Å². The van der Waals surface area contributed by atoms with Crippen LogP contribution in [0.3, 0.4) is 0 Å². The lowest BCUT2D eigenvalue weighted by Gasteiger charge is -2.38. The molecule has 5 rings (SSSR count). The molecule has 8 unspecified atom stereocenters. The van der Waals surface area contributed by atoms with Crippen molar-refractivity contribution in [3.63, 3.8) is 0 Å². The normalized spacial score (nSPS) is 36.3. The fourth-order valence-corrected chi connectivity index (χ4v) is 6.44. The Hall–Kier alpha value is -2.62. The minimum absolute atomic E-state index is 0.265. The number of rotatable bonds is 4. The number of hydrogen-bond donors (Lipinski definition) is 0. The Morgan fingerprint density at radius 2 is 1.20 bits per heavy atom. The second kappa shape index (κ2) is 7.57. The van der Waals surface area contributed by atoms with Gasteiger partial charge in [0.15, 0.2) is 0 Å². The Balaban J connectivity index is 1.41. The molecule has 3 fully saturated rings. The molecule has 0 amide bonds. The van der Waals surface area contributed by atoms with Crippen molar-refractivity contribution in [1.82, 2.24) is 0 Å². The first-order chi connectivity index (χ1) is 14.5. The Morgan fingerprint density at radius 3 is 1.73 bits per heavy atom. The molecule has 4 heteroatoms. The van der Waals surface area contributed by atoms with Gasteiger partial charge in [-0.3, -0.25) is 0 Å². The van der Waals surface area contributed by atoms with Crippen molar-refractivity contribution in [2.75, 3.05) is 0 Å². The highest BCUT2D eigenvalue weighted by molar-refractivity contribution is 5.90. The van der Waals surface area contributed by atoms with E-state index in [1.807, 2.05) is 36.4 Å². The van der Waals surface area contributed by atoms with Gasteiger partial charge >= 0.3 is 11.9 Å². The zero-order valence-electron chi connectivity index (χ0n) is 17.4. The lowest BCUT2D eigenvalue weighted by atomic mass is 9.75. The van der Waals surface area contributed by atoms with Crippen molar-refractivity contribution in [2.24, 2.45) is 35.5 Å². The molecule has 30 heavy (non-hydrogen) atoms. The Kier molecular flexibility index (Phi) is 4.88. The van der Waals surface area contributed by atoms with Gasteiger partial charge in [0.25, 0.3) is 0 Å². The topological polar surface area (TPSA) is 52.6 Å². The molecule has 0 aliphatic heterocycles. The van der Waals surface area contributed by atoms with Crippen LogP contribution in [0.15, 0.2) is 60.7 Å². The molecule has 3 aliphatic carbocycles. The van der Waals surface area contributed by atoms with E-state index in [1.54, 1.807) is 24.3 Å². The predicted octanol–water partition coefficient (Wildman–Crippen LogP) is 5.00. The summed E-state index contributed by atoms with van der Waals surface area (Å²) in [4.78, 5) is 25.7. The smallest absolute Gasteiger partial charge is 0.338 e. The van der Waals surface area contributed by atoms with Gasteiger partial charge < -0.3 is 9.47 Å². The van der Waals surface area contributed by atoms with Crippen LogP contribution in [-0.2, 0) is 9.47 Å². The predicted molar refractivity (Wildman–Crippen MR) is 113 cm³/mol. The summed E-state index contributed by atoms with van der Waals surface area (Å²) < 4.78 is 12.1. The number of carbonyl (C=O) groups is 2. The molecule has 2 aromatic carbocycles. The third kappa shape index (κ3) is 3.13. The van der Waals surface area contributed by atoms with Crippen molar-refractivity contribution in [1.29, 1.82) is 0 Å². The fraction of sp³-hybridized carbons (Fsp3) is 0.462. The fourth-order valence-electron chi connectivity index (χ4n) is 6.44. The Labute approximate surface area is 177 Å². The number of ether oxygens (including phenoxy) is 2. The molecule has 8 atom stereocenters. The number of fused-ring (bicyclic) bond motifs is 5. The molecular weight excluding hydrogens is 376 g/mol. The first-order valence-corrected chi connectivity index (χ1v) is 11.1. The van der Waals surface area contributed by atoms with Gasteiger partial charge in [-0.25, -0.2) is 9.59 Å². The molecule has 0 saturated heterocycles.